The zero-order chi connectivity index (χ0) is 10.6. The number of aryl methyl sites for hydroxylation is 1. The number of hydrogen-bond acceptors (Lipinski definition) is 2. The zero-order valence-electron chi connectivity index (χ0n) is 8.42. The molecule has 0 aliphatic carbocycles. The summed E-state index contributed by atoms with van der Waals surface area (Å²) in [5, 5.41) is 0.905. The topological polar surface area (TPSA) is 33.5 Å². The monoisotopic (exact) mass is 259 g/mol. The molecule has 1 aromatic rings. The minimum atomic E-state index is -0.0564. The van der Waals surface area contributed by atoms with Crippen molar-refractivity contribution in [2.24, 2.45) is 0 Å². The Morgan fingerprint density at radius 2 is 2.29 bits per heavy atom. The molecule has 0 fully saturated rings. The number of carbonyl (C=O) groups is 1. The van der Waals surface area contributed by atoms with Crippen LogP contribution in [-0.4, -0.2) is 29.7 Å². The predicted octanol–water partition coefficient (Wildman–Crippen LogP) is 2.45. The maximum absolute atomic E-state index is 11.7. The van der Waals surface area contributed by atoms with Crippen molar-refractivity contribution in [3.63, 3.8) is 0 Å². The predicted molar refractivity (Wildman–Crippen MR) is 58.8 cm³/mol. The normalized spacial score (nSPS) is 10.2. The van der Waals surface area contributed by atoms with Gasteiger partial charge in [-0.3, -0.25) is 4.79 Å². The van der Waals surface area contributed by atoms with E-state index in [1.165, 1.54) is 0 Å². The molecule has 1 aromatic heterocycles. The quantitative estimate of drug-likeness (QED) is 0.779. The lowest BCUT2D eigenvalue weighted by molar-refractivity contribution is 0.0763. The van der Waals surface area contributed by atoms with Crippen LogP contribution in [0.5, 0.6) is 0 Å². The SMILES string of the molecule is Cc1ccc(C(=O)N(C)CCCBr)o1. The van der Waals surface area contributed by atoms with Crippen molar-refractivity contribution < 1.29 is 9.21 Å². The molecule has 78 valence electrons. The van der Waals surface area contributed by atoms with Gasteiger partial charge >= 0.3 is 0 Å². The molecule has 3 nitrogen and oxygen atoms in total. The van der Waals surface area contributed by atoms with Crippen LogP contribution in [0.3, 0.4) is 0 Å². The van der Waals surface area contributed by atoms with Gasteiger partial charge in [0.15, 0.2) is 5.76 Å². The molecule has 0 radical (unpaired) electrons. The molecule has 1 amide bonds. The van der Waals surface area contributed by atoms with Gasteiger partial charge in [0.2, 0.25) is 0 Å². The molecule has 1 rings (SSSR count). The van der Waals surface area contributed by atoms with Crippen LogP contribution in [0.15, 0.2) is 16.5 Å². The summed E-state index contributed by atoms with van der Waals surface area (Å²) in [6.45, 7) is 2.57. The Labute approximate surface area is 92.2 Å². The molecule has 14 heavy (non-hydrogen) atoms. The van der Waals surface area contributed by atoms with Gasteiger partial charge in [-0.05, 0) is 25.5 Å². The van der Waals surface area contributed by atoms with Gasteiger partial charge in [0.1, 0.15) is 5.76 Å². The summed E-state index contributed by atoms with van der Waals surface area (Å²) >= 11 is 3.33. The van der Waals surface area contributed by atoms with Crippen LogP contribution in [0.2, 0.25) is 0 Å². The lowest BCUT2D eigenvalue weighted by Gasteiger charge is -2.14. The van der Waals surface area contributed by atoms with E-state index in [0.717, 1.165) is 24.1 Å². The second-order valence-corrected chi connectivity index (χ2v) is 3.97. The zero-order valence-corrected chi connectivity index (χ0v) is 10.0. The maximum Gasteiger partial charge on any atom is 0.289 e. The van der Waals surface area contributed by atoms with Crippen LogP contribution in [0.4, 0.5) is 0 Å². The van der Waals surface area contributed by atoms with Gasteiger partial charge in [0, 0.05) is 18.9 Å². The van der Waals surface area contributed by atoms with E-state index in [1.807, 2.05) is 6.92 Å². The standard InChI is InChI=1S/C10H14BrNO2/c1-8-4-5-9(14-8)10(13)12(2)7-3-6-11/h4-5H,3,6-7H2,1-2H3. The Balaban J connectivity index is 2.56. The third kappa shape index (κ3) is 2.87. The van der Waals surface area contributed by atoms with E-state index in [2.05, 4.69) is 15.9 Å². The number of amides is 1. The number of halogens is 1. The summed E-state index contributed by atoms with van der Waals surface area (Å²) < 4.78 is 5.24. The maximum atomic E-state index is 11.7. The average Bonchev–Trinajstić information content (AvgIpc) is 2.60. The van der Waals surface area contributed by atoms with Crippen LogP contribution in [-0.2, 0) is 0 Å². The summed E-state index contributed by atoms with van der Waals surface area (Å²) in [7, 11) is 1.78. The van der Waals surface area contributed by atoms with Gasteiger partial charge in [-0.15, -0.1) is 0 Å². The second kappa shape index (κ2) is 5.20. The molecule has 0 bridgehead atoms. The van der Waals surface area contributed by atoms with Gasteiger partial charge in [0.25, 0.3) is 5.91 Å². The summed E-state index contributed by atoms with van der Waals surface area (Å²) in [4.78, 5) is 13.3. The summed E-state index contributed by atoms with van der Waals surface area (Å²) in [6, 6.07) is 3.51. The number of hydrogen-bond donors (Lipinski definition) is 0. The first-order valence-electron chi connectivity index (χ1n) is 4.53. The first-order chi connectivity index (χ1) is 6.65. The highest BCUT2D eigenvalue weighted by Gasteiger charge is 2.14. The van der Waals surface area contributed by atoms with Gasteiger partial charge < -0.3 is 9.32 Å². The Morgan fingerprint density at radius 1 is 1.57 bits per heavy atom. The third-order valence-corrected chi connectivity index (χ3v) is 2.49. The van der Waals surface area contributed by atoms with Gasteiger partial charge in [-0.1, -0.05) is 15.9 Å². The van der Waals surface area contributed by atoms with Crippen LogP contribution >= 0.6 is 15.9 Å². The Kier molecular flexibility index (Phi) is 4.20. The summed E-state index contributed by atoms with van der Waals surface area (Å²) in [5.74, 6) is 1.13. The van der Waals surface area contributed by atoms with Crippen molar-refractivity contribution in [1.82, 2.24) is 4.90 Å². The highest BCUT2D eigenvalue weighted by Crippen LogP contribution is 2.09. The van der Waals surface area contributed by atoms with Crippen molar-refractivity contribution in [1.29, 1.82) is 0 Å². The molecular weight excluding hydrogens is 246 g/mol. The number of nitrogens with zero attached hydrogens (tertiary/aromatic N) is 1. The van der Waals surface area contributed by atoms with E-state index in [0.29, 0.717) is 5.76 Å². The number of rotatable bonds is 4. The largest absolute Gasteiger partial charge is 0.456 e. The van der Waals surface area contributed by atoms with E-state index in [4.69, 9.17) is 4.42 Å². The van der Waals surface area contributed by atoms with Gasteiger partial charge in [-0.2, -0.15) is 0 Å². The molecular formula is C10H14BrNO2. The Morgan fingerprint density at radius 3 is 2.79 bits per heavy atom. The molecule has 0 unspecified atom stereocenters. The van der Waals surface area contributed by atoms with Crippen LogP contribution in [0.25, 0.3) is 0 Å². The molecule has 0 spiro atoms. The van der Waals surface area contributed by atoms with E-state index in [1.54, 1.807) is 24.1 Å². The molecule has 0 saturated carbocycles. The Hall–Kier alpha value is -0.770. The first kappa shape index (κ1) is 11.3. The lowest BCUT2D eigenvalue weighted by Crippen LogP contribution is -2.27. The fourth-order valence-corrected chi connectivity index (χ4v) is 1.39. The molecule has 4 heteroatoms. The average molecular weight is 260 g/mol. The minimum absolute atomic E-state index is 0.0564. The van der Waals surface area contributed by atoms with Gasteiger partial charge in [0.05, 0.1) is 0 Å². The van der Waals surface area contributed by atoms with E-state index < -0.39 is 0 Å². The van der Waals surface area contributed by atoms with E-state index >= 15 is 0 Å². The first-order valence-corrected chi connectivity index (χ1v) is 5.65. The van der Waals surface area contributed by atoms with Gasteiger partial charge in [-0.25, -0.2) is 0 Å². The van der Waals surface area contributed by atoms with Crippen LogP contribution < -0.4 is 0 Å². The number of furan rings is 1. The molecule has 0 atom stereocenters. The highest BCUT2D eigenvalue weighted by atomic mass is 79.9. The van der Waals surface area contributed by atoms with E-state index in [-0.39, 0.29) is 5.91 Å². The van der Waals surface area contributed by atoms with Crippen LogP contribution in [0.1, 0.15) is 22.7 Å². The van der Waals surface area contributed by atoms with Crippen molar-refractivity contribution in [2.75, 3.05) is 18.9 Å². The number of carbonyl (C=O) groups excluding carboxylic acids is 1. The number of alkyl halides is 1. The Bertz CT molecular complexity index is 309. The third-order valence-electron chi connectivity index (χ3n) is 1.92. The smallest absolute Gasteiger partial charge is 0.289 e. The van der Waals surface area contributed by atoms with Crippen molar-refractivity contribution in [3.05, 3.63) is 23.7 Å². The van der Waals surface area contributed by atoms with Crippen molar-refractivity contribution in [3.8, 4) is 0 Å². The lowest BCUT2D eigenvalue weighted by atomic mass is 10.3. The summed E-state index contributed by atoms with van der Waals surface area (Å²) in [6.07, 6.45) is 0.946. The highest BCUT2D eigenvalue weighted by molar-refractivity contribution is 9.09. The molecule has 0 aliphatic heterocycles. The van der Waals surface area contributed by atoms with E-state index in [9.17, 15) is 4.79 Å². The van der Waals surface area contributed by atoms with Crippen LogP contribution in [0, 0.1) is 6.92 Å². The second-order valence-electron chi connectivity index (χ2n) is 3.18. The minimum Gasteiger partial charge on any atom is -0.456 e. The fourth-order valence-electron chi connectivity index (χ4n) is 1.14. The van der Waals surface area contributed by atoms with Crippen molar-refractivity contribution in [2.45, 2.75) is 13.3 Å². The molecule has 0 aliphatic rings. The summed E-state index contributed by atoms with van der Waals surface area (Å²) in [5.41, 5.74) is 0. The molecule has 0 aromatic carbocycles. The fraction of sp³-hybridized carbons (Fsp3) is 0.500. The molecule has 0 N–H and O–H groups in total. The molecule has 1 heterocycles. The van der Waals surface area contributed by atoms with Crippen molar-refractivity contribution >= 4 is 21.8 Å². The molecule has 0 saturated heterocycles.